The van der Waals surface area contributed by atoms with Crippen molar-refractivity contribution in [1.29, 1.82) is 0 Å². The van der Waals surface area contributed by atoms with Crippen LogP contribution in [-0.4, -0.2) is 13.1 Å². The number of ether oxygens (including phenoxy) is 1. The summed E-state index contributed by atoms with van der Waals surface area (Å²) in [4.78, 5) is 11.5. The van der Waals surface area contributed by atoms with E-state index in [-0.39, 0.29) is 5.97 Å². The molecule has 0 saturated carbocycles. The van der Waals surface area contributed by atoms with Gasteiger partial charge in [-0.25, -0.2) is 4.79 Å². The molecule has 0 radical (unpaired) electrons. The molecule has 0 unspecified atom stereocenters. The third kappa shape index (κ3) is 2.63. The van der Waals surface area contributed by atoms with Crippen molar-refractivity contribution >= 4 is 53.8 Å². The standard InChI is InChI=1S/C10H9Br3O2/c1-5-6(10(14)15-2)3-8(12)7(4-11)9(5)13/h3H,4H2,1-2H3. The van der Waals surface area contributed by atoms with Crippen molar-refractivity contribution in [2.75, 3.05) is 7.11 Å². The van der Waals surface area contributed by atoms with E-state index in [0.29, 0.717) is 5.56 Å². The van der Waals surface area contributed by atoms with E-state index in [4.69, 9.17) is 4.74 Å². The smallest absolute Gasteiger partial charge is 0.338 e. The van der Waals surface area contributed by atoms with Crippen LogP contribution in [0.2, 0.25) is 0 Å². The number of hydrogen-bond acceptors (Lipinski definition) is 2. The number of methoxy groups -OCH3 is 1. The largest absolute Gasteiger partial charge is 0.465 e. The highest BCUT2D eigenvalue weighted by molar-refractivity contribution is 9.11. The van der Waals surface area contributed by atoms with Gasteiger partial charge < -0.3 is 4.74 Å². The van der Waals surface area contributed by atoms with E-state index >= 15 is 0 Å². The highest BCUT2D eigenvalue weighted by atomic mass is 79.9. The molecule has 0 bridgehead atoms. The van der Waals surface area contributed by atoms with Crippen LogP contribution >= 0.6 is 47.8 Å². The number of benzene rings is 1. The molecule has 2 nitrogen and oxygen atoms in total. The zero-order valence-corrected chi connectivity index (χ0v) is 13.0. The molecule has 0 fully saturated rings. The van der Waals surface area contributed by atoms with Gasteiger partial charge in [0.2, 0.25) is 0 Å². The molecule has 0 aliphatic heterocycles. The molecule has 0 saturated heterocycles. The second kappa shape index (κ2) is 5.46. The Morgan fingerprint density at radius 2 is 2.07 bits per heavy atom. The summed E-state index contributed by atoms with van der Waals surface area (Å²) in [5, 5.41) is 0.719. The summed E-state index contributed by atoms with van der Waals surface area (Å²) in [5.41, 5.74) is 2.54. The van der Waals surface area contributed by atoms with Gasteiger partial charge in [-0.3, -0.25) is 0 Å². The van der Waals surface area contributed by atoms with Crippen LogP contribution in [0.1, 0.15) is 21.5 Å². The number of carbonyl (C=O) groups is 1. The molecule has 5 heteroatoms. The third-order valence-corrected chi connectivity index (χ3v) is 4.44. The van der Waals surface area contributed by atoms with Gasteiger partial charge in [0.1, 0.15) is 0 Å². The van der Waals surface area contributed by atoms with Crippen LogP contribution in [0.25, 0.3) is 0 Å². The van der Waals surface area contributed by atoms with Gasteiger partial charge in [0.05, 0.1) is 12.7 Å². The Kier molecular flexibility index (Phi) is 4.80. The molecule has 1 aromatic carbocycles. The minimum atomic E-state index is -0.324. The van der Waals surface area contributed by atoms with Gasteiger partial charge in [0.15, 0.2) is 0 Å². The fourth-order valence-corrected chi connectivity index (χ4v) is 3.95. The van der Waals surface area contributed by atoms with Crippen LogP contribution in [0.4, 0.5) is 0 Å². The Morgan fingerprint density at radius 3 is 2.53 bits per heavy atom. The normalized spacial score (nSPS) is 10.2. The van der Waals surface area contributed by atoms with Crippen LogP contribution in [0, 0.1) is 6.92 Å². The first-order chi connectivity index (χ1) is 7.02. The van der Waals surface area contributed by atoms with Gasteiger partial charge in [-0.2, -0.15) is 0 Å². The second-order valence-electron chi connectivity index (χ2n) is 2.95. The summed E-state index contributed by atoms with van der Waals surface area (Å²) >= 11 is 10.3. The van der Waals surface area contributed by atoms with E-state index in [9.17, 15) is 4.79 Å². The number of esters is 1. The summed E-state index contributed by atoms with van der Waals surface area (Å²) in [6, 6.07) is 1.78. The minimum absolute atomic E-state index is 0.324. The van der Waals surface area contributed by atoms with Crippen molar-refractivity contribution in [3.05, 3.63) is 31.7 Å². The Hall–Kier alpha value is 0.130. The predicted molar refractivity (Wildman–Crippen MR) is 70.5 cm³/mol. The summed E-state index contributed by atoms with van der Waals surface area (Å²) in [6.07, 6.45) is 0. The second-order valence-corrected chi connectivity index (χ2v) is 5.16. The average molecular weight is 401 g/mol. The molecule has 1 aromatic rings. The molecule has 0 atom stereocenters. The molecule has 0 heterocycles. The lowest BCUT2D eigenvalue weighted by Gasteiger charge is -2.11. The molecule has 82 valence electrons. The number of alkyl halides is 1. The maximum atomic E-state index is 11.5. The molecule has 0 aliphatic rings. The van der Waals surface area contributed by atoms with E-state index in [2.05, 4.69) is 47.8 Å². The average Bonchev–Trinajstić information content (AvgIpc) is 2.23. The van der Waals surface area contributed by atoms with Crippen molar-refractivity contribution in [3.8, 4) is 0 Å². The van der Waals surface area contributed by atoms with E-state index in [1.807, 2.05) is 6.92 Å². The van der Waals surface area contributed by atoms with Crippen LogP contribution < -0.4 is 0 Å². The zero-order chi connectivity index (χ0) is 11.6. The lowest BCUT2D eigenvalue weighted by atomic mass is 10.1. The molecule has 0 aliphatic carbocycles. The molecule has 15 heavy (non-hydrogen) atoms. The van der Waals surface area contributed by atoms with Crippen LogP contribution in [0.3, 0.4) is 0 Å². The van der Waals surface area contributed by atoms with Gasteiger partial charge in [0.25, 0.3) is 0 Å². The quantitative estimate of drug-likeness (QED) is 0.549. The van der Waals surface area contributed by atoms with E-state index in [0.717, 1.165) is 25.4 Å². The van der Waals surface area contributed by atoms with Crippen molar-refractivity contribution in [1.82, 2.24) is 0 Å². The van der Waals surface area contributed by atoms with Crippen molar-refractivity contribution in [2.24, 2.45) is 0 Å². The predicted octanol–water partition coefficient (Wildman–Crippen LogP) is 4.20. The molecule has 0 N–H and O–H groups in total. The summed E-state index contributed by atoms with van der Waals surface area (Å²) in [5.74, 6) is -0.324. The van der Waals surface area contributed by atoms with Gasteiger partial charge in [-0.05, 0) is 24.1 Å². The molecular formula is C10H9Br3O2. The number of halogens is 3. The molecule has 0 amide bonds. The first kappa shape index (κ1) is 13.2. The Morgan fingerprint density at radius 1 is 1.47 bits per heavy atom. The van der Waals surface area contributed by atoms with Gasteiger partial charge >= 0.3 is 5.97 Å². The summed E-state index contributed by atoms with van der Waals surface area (Å²) in [6.45, 7) is 1.88. The Bertz CT molecular complexity index is 402. The fraction of sp³-hybridized carbons (Fsp3) is 0.300. The van der Waals surface area contributed by atoms with E-state index < -0.39 is 0 Å². The highest BCUT2D eigenvalue weighted by Crippen LogP contribution is 2.33. The van der Waals surface area contributed by atoms with Crippen LogP contribution in [-0.2, 0) is 10.1 Å². The third-order valence-electron chi connectivity index (χ3n) is 2.10. The zero-order valence-electron chi connectivity index (χ0n) is 8.23. The first-order valence-electron chi connectivity index (χ1n) is 4.14. The van der Waals surface area contributed by atoms with Crippen molar-refractivity contribution < 1.29 is 9.53 Å². The topological polar surface area (TPSA) is 26.3 Å². The summed E-state index contributed by atoms with van der Waals surface area (Å²) < 4.78 is 6.52. The first-order valence-corrected chi connectivity index (χ1v) is 6.85. The monoisotopic (exact) mass is 398 g/mol. The Balaban J connectivity index is 3.40. The Labute approximate surface area is 114 Å². The molecular weight excluding hydrogens is 392 g/mol. The van der Waals surface area contributed by atoms with Crippen molar-refractivity contribution in [2.45, 2.75) is 12.3 Å². The highest BCUT2D eigenvalue weighted by Gasteiger charge is 2.16. The van der Waals surface area contributed by atoms with E-state index in [1.54, 1.807) is 6.07 Å². The number of rotatable bonds is 2. The van der Waals surface area contributed by atoms with Gasteiger partial charge in [-0.15, -0.1) is 0 Å². The SMILES string of the molecule is COC(=O)c1cc(Br)c(CBr)c(Br)c1C. The fourth-order valence-electron chi connectivity index (χ4n) is 1.22. The lowest BCUT2D eigenvalue weighted by Crippen LogP contribution is -2.05. The van der Waals surface area contributed by atoms with Crippen molar-refractivity contribution in [3.63, 3.8) is 0 Å². The van der Waals surface area contributed by atoms with E-state index in [1.165, 1.54) is 7.11 Å². The summed E-state index contributed by atoms with van der Waals surface area (Å²) in [7, 11) is 1.38. The molecule has 0 aromatic heterocycles. The lowest BCUT2D eigenvalue weighted by molar-refractivity contribution is 0.0599. The minimum Gasteiger partial charge on any atom is -0.465 e. The maximum Gasteiger partial charge on any atom is 0.338 e. The number of carbonyl (C=O) groups excluding carboxylic acids is 1. The van der Waals surface area contributed by atoms with Crippen LogP contribution in [0.15, 0.2) is 15.0 Å². The van der Waals surface area contributed by atoms with Gasteiger partial charge in [0, 0.05) is 14.3 Å². The van der Waals surface area contributed by atoms with Crippen LogP contribution in [0.5, 0.6) is 0 Å². The molecule has 1 rings (SSSR count). The van der Waals surface area contributed by atoms with Gasteiger partial charge in [-0.1, -0.05) is 47.8 Å². The number of hydrogen-bond donors (Lipinski definition) is 0. The molecule has 0 spiro atoms. The maximum absolute atomic E-state index is 11.5.